The lowest BCUT2D eigenvalue weighted by Crippen LogP contribution is -1.95. The lowest BCUT2D eigenvalue weighted by atomic mass is 10.1. The summed E-state index contributed by atoms with van der Waals surface area (Å²) in [6, 6.07) is 6.33. The minimum atomic E-state index is -0.943. The zero-order valence-corrected chi connectivity index (χ0v) is 7.12. The fourth-order valence-electron chi connectivity index (χ4n) is 0.827. The van der Waals surface area contributed by atoms with Crippen LogP contribution in [0.25, 0.3) is 0 Å². The van der Waals surface area contributed by atoms with E-state index in [1.165, 1.54) is 12.1 Å². The molecular weight excluding hydrogens is 175 g/mol. The van der Waals surface area contributed by atoms with E-state index in [1.54, 1.807) is 12.1 Å². The molecule has 0 heterocycles. The summed E-state index contributed by atoms with van der Waals surface area (Å²) in [4.78, 5) is 10.4. The van der Waals surface area contributed by atoms with Crippen LogP contribution >= 0.6 is 8.46 Å². The molecule has 1 aromatic carbocycles. The number of benzene rings is 1. The molecule has 0 fully saturated rings. The second-order valence-electron chi connectivity index (χ2n) is 2.29. The van der Waals surface area contributed by atoms with E-state index in [-0.39, 0.29) is 14.0 Å². The predicted octanol–water partition coefficient (Wildman–Crippen LogP) is 2.18. The summed E-state index contributed by atoms with van der Waals surface area (Å²) in [7, 11) is 0.0503. The zero-order chi connectivity index (χ0) is 8.97. The first-order valence-corrected chi connectivity index (χ1v) is 4.35. The lowest BCUT2D eigenvalue weighted by Gasteiger charge is -1.95. The summed E-state index contributed by atoms with van der Waals surface area (Å²) < 4.78 is 10.2. The van der Waals surface area contributed by atoms with Crippen LogP contribution in [0.3, 0.4) is 0 Å². The topological polar surface area (TPSA) is 54.4 Å². The van der Waals surface area contributed by atoms with E-state index in [4.69, 9.17) is 5.11 Å². The number of hydrogen-bond acceptors (Lipinski definition) is 2. The molecule has 0 saturated heterocycles. The Kier molecular flexibility index (Phi) is 2.94. The first-order chi connectivity index (χ1) is 5.74. The number of carbonyl (C=O) groups is 1. The molecule has 0 spiro atoms. The van der Waals surface area contributed by atoms with Gasteiger partial charge in [-0.25, -0.2) is 4.79 Å². The van der Waals surface area contributed by atoms with Gasteiger partial charge >= 0.3 is 5.97 Å². The van der Waals surface area contributed by atoms with Crippen LogP contribution in [0.5, 0.6) is 0 Å². The molecule has 0 aromatic heterocycles. The highest BCUT2D eigenvalue weighted by atomic mass is 31.1. The van der Waals surface area contributed by atoms with E-state index in [9.17, 15) is 9.36 Å². The van der Waals surface area contributed by atoms with Crippen molar-refractivity contribution in [1.82, 2.24) is 0 Å². The van der Waals surface area contributed by atoms with E-state index >= 15 is 0 Å². The van der Waals surface area contributed by atoms with Gasteiger partial charge in [-0.2, -0.15) is 0 Å². The quantitative estimate of drug-likeness (QED) is 0.729. The number of rotatable bonds is 3. The Bertz CT molecular complexity index is 292. The fourth-order valence-corrected chi connectivity index (χ4v) is 1.19. The van der Waals surface area contributed by atoms with Crippen molar-refractivity contribution in [2.75, 3.05) is 0 Å². The van der Waals surface area contributed by atoms with E-state index in [0.717, 1.165) is 5.56 Å². The highest BCUT2D eigenvalue weighted by Crippen LogP contribution is 2.10. The molecule has 1 N–H and O–H groups in total. The number of hydrogen-bond donors (Lipinski definition) is 1. The molecule has 12 heavy (non-hydrogen) atoms. The first-order valence-electron chi connectivity index (χ1n) is 3.35. The zero-order valence-electron chi connectivity index (χ0n) is 6.23. The Labute approximate surface area is 71.2 Å². The van der Waals surface area contributed by atoms with Crippen LogP contribution in [0.4, 0.5) is 0 Å². The lowest BCUT2D eigenvalue weighted by molar-refractivity contribution is 0.0697. The van der Waals surface area contributed by atoms with Gasteiger partial charge in [0.25, 0.3) is 0 Å². The SMILES string of the molecule is O=PCc1ccc(C(=O)O)cc1. The molecule has 1 rings (SSSR count). The predicted molar refractivity (Wildman–Crippen MR) is 44.7 cm³/mol. The van der Waals surface area contributed by atoms with Crippen LogP contribution in [-0.2, 0) is 10.7 Å². The van der Waals surface area contributed by atoms with Crippen LogP contribution in [0.15, 0.2) is 24.3 Å². The molecule has 0 aliphatic rings. The van der Waals surface area contributed by atoms with Crippen molar-refractivity contribution in [2.24, 2.45) is 0 Å². The second-order valence-corrected chi connectivity index (χ2v) is 2.86. The minimum absolute atomic E-state index is 0.0503. The summed E-state index contributed by atoms with van der Waals surface area (Å²) in [5, 5.41) is 8.54. The van der Waals surface area contributed by atoms with Gasteiger partial charge in [-0.3, -0.25) is 4.57 Å². The van der Waals surface area contributed by atoms with Crippen molar-refractivity contribution >= 4 is 14.4 Å². The maximum atomic E-state index is 10.4. The number of carboxylic acids is 1. The van der Waals surface area contributed by atoms with Crippen LogP contribution < -0.4 is 0 Å². The van der Waals surface area contributed by atoms with E-state index in [2.05, 4.69) is 0 Å². The summed E-state index contributed by atoms with van der Waals surface area (Å²) in [6.07, 6.45) is 0.430. The van der Waals surface area contributed by atoms with Gasteiger partial charge in [0.1, 0.15) is 0 Å². The van der Waals surface area contributed by atoms with Gasteiger partial charge in [-0.1, -0.05) is 12.1 Å². The molecule has 3 nitrogen and oxygen atoms in total. The van der Waals surface area contributed by atoms with Gasteiger partial charge in [0.05, 0.1) is 11.7 Å². The first kappa shape index (κ1) is 8.88. The smallest absolute Gasteiger partial charge is 0.335 e. The molecule has 0 radical (unpaired) electrons. The Morgan fingerprint density at radius 2 is 1.92 bits per heavy atom. The van der Waals surface area contributed by atoms with Crippen molar-refractivity contribution in [3.63, 3.8) is 0 Å². The van der Waals surface area contributed by atoms with Gasteiger partial charge in [0.15, 0.2) is 8.46 Å². The summed E-state index contributed by atoms with van der Waals surface area (Å²) in [5.41, 5.74) is 1.12. The number of carboxylic acid groups (broad SMARTS) is 1. The van der Waals surface area contributed by atoms with Crippen molar-refractivity contribution in [1.29, 1.82) is 0 Å². The third-order valence-corrected chi connectivity index (χ3v) is 1.94. The fraction of sp³-hybridized carbons (Fsp3) is 0.125. The monoisotopic (exact) mass is 182 g/mol. The maximum absolute atomic E-state index is 10.4. The van der Waals surface area contributed by atoms with Crippen LogP contribution in [0.1, 0.15) is 15.9 Å². The third kappa shape index (κ3) is 2.14. The Morgan fingerprint density at radius 3 is 2.33 bits per heavy atom. The van der Waals surface area contributed by atoms with Gasteiger partial charge < -0.3 is 5.11 Å². The van der Waals surface area contributed by atoms with E-state index < -0.39 is 5.97 Å². The average molecular weight is 182 g/mol. The van der Waals surface area contributed by atoms with Crippen molar-refractivity contribution in [3.8, 4) is 0 Å². The third-order valence-electron chi connectivity index (χ3n) is 1.45. The molecule has 0 saturated carbocycles. The van der Waals surface area contributed by atoms with Gasteiger partial charge in [-0.05, 0) is 17.7 Å². The highest BCUT2D eigenvalue weighted by Gasteiger charge is 2.00. The largest absolute Gasteiger partial charge is 0.478 e. The Balaban J connectivity index is 2.85. The molecule has 0 bridgehead atoms. The van der Waals surface area contributed by atoms with Gasteiger partial charge in [0.2, 0.25) is 0 Å². The molecule has 62 valence electrons. The summed E-state index contributed by atoms with van der Waals surface area (Å²) in [5.74, 6) is -0.943. The van der Waals surface area contributed by atoms with E-state index in [0.29, 0.717) is 6.16 Å². The molecule has 0 amide bonds. The normalized spacial score (nSPS) is 10.0. The van der Waals surface area contributed by atoms with Crippen molar-refractivity contribution in [3.05, 3.63) is 35.4 Å². The molecule has 0 atom stereocenters. The minimum Gasteiger partial charge on any atom is -0.478 e. The summed E-state index contributed by atoms with van der Waals surface area (Å²) >= 11 is 0. The highest BCUT2D eigenvalue weighted by molar-refractivity contribution is 7.22. The maximum Gasteiger partial charge on any atom is 0.335 e. The van der Waals surface area contributed by atoms with Crippen LogP contribution in [-0.4, -0.2) is 11.1 Å². The molecule has 0 aliphatic carbocycles. The molecule has 1 aromatic rings. The van der Waals surface area contributed by atoms with Crippen molar-refractivity contribution in [2.45, 2.75) is 6.16 Å². The molecule has 0 unspecified atom stereocenters. The average Bonchev–Trinajstić information content (AvgIpc) is 2.06. The molecule has 4 heteroatoms. The Hall–Kier alpha value is -1.21. The number of aromatic carboxylic acids is 1. The van der Waals surface area contributed by atoms with Crippen LogP contribution in [0.2, 0.25) is 0 Å². The molecule has 0 aliphatic heterocycles. The Morgan fingerprint density at radius 1 is 1.33 bits per heavy atom. The van der Waals surface area contributed by atoms with Crippen molar-refractivity contribution < 1.29 is 14.5 Å². The van der Waals surface area contributed by atoms with Crippen LogP contribution in [0, 0.1) is 0 Å². The van der Waals surface area contributed by atoms with Gasteiger partial charge in [0, 0.05) is 0 Å². The van der Waals surface area contributed by atoms with E-state index in [1.807, 2.05) is 0 Å². The van der Waals surface area contributed by atoms with Gasteiger partial charge in [-0.15, -0.1) is 0 Å². The second kappa shape index (κ2) is 3.98. The summed E-state index contributed by atoms with van der Waals surface area (Å²) in [6.45, 7) is 0. The molecular formula is C8H7O3P. The standard InChI is InChI=1S/C8H7O3P/c9-8(10)7-3-1-6(2-4-7)5-12-11/h1-4H,5H2,(H,9,10).